The summed E-state index contributed by atoms with van der Waals surface area (Å²) >= 11 is 0. The number of nitriles is 1. The van der Waals surface area contributed by atoms with Crippen molar-refractivity contribution in [3.63, 3.8) is 0 Å². The molecule has 3 aromatic rings. The number of carbonyl (C=O) groups is 1. The number of carbonyl (C=O) groups excluding carboxylic acids is 1. The van der Waals surface area contributed by atoms with E-state index in [1.54, 1.807) is 37.3 Å². The Morgan fingerprint density at radius 3 is 2.69 bits per heavy atom. The summed E-state index contributed by atoms with van der Waals surface area (Å²) in [6.07, 6.45) is 0. The van der Waals surface area contributed by atoms with Crippen molar-refractivity contribution in [3.05, 3.63) is 65.6 Å². The van der Waals surface area contributed by atoms with Gasteiger partial charge in [0.1, 0.15) is 36.6 Å². The van der Waals surface area contributed by atoms with Crippen LogP contribution >= 0.6 is 0 Å². The van der Waals surface area contributed by atoms with Gasteiger partial charge in [-0.2, -0.15) is 5.26 Å². The quantitative estimate of drug-likeness (QED) is 0.706. The summed E-state index contributed by atoms with van der Waals surface area (Å²) < 4.78 is 11.1. The second-order valence-corrected chi connectivity index (χ2v) is 6.28. The Hall–Kier alpha value is -4.12. The Morgan fingerprint density at radius 1 is 1.07 bits per heavy atom. The first-order chi connectivity index (χ1) is 14.1. The molecule has 0 saturated heterocycles. The number of para-hydroxylation sites is 1. The zero-order valence-corrected chi connectivity index (χ0v) is 15.6. The molecule has 1 aliphatic rings. The van der Waals surface area contributed by atoms with Gasteiger partial charge in [-0.3, -0.25) is 4.79 Å². The number of ether oxygens (including phenoxy) is 2. The SMILES string of the molecule is Cc1nc(Nc2ccc3c(c2)OCCO3)cc(C(=O)Nc2ccccc2C#N)n1. The average molecular weight is 387 g/mol. The minimum atomic E-state index is -0.427. The molecule has 144 valence electrons. The lowest BCUT2D eigenvalue weighted by atomic mass is 10.2. The molecule has 1 amide bonds. The summed E-state index contributed by atoms with van der Waals surface area (Å²) in [6, 6.07) is 15.9. The Balaban J connectivity index is 1.56. The third-order valence-corrected chi connectivity index (χ3v) is 4.18. The Labute approximate surface area is 167 Å². The van der Waals surface area contributed by atoms with Crippen molar-refractivity contribution < 1.29 is 14.3 Å². The van der Waals surface area contributed by atoms with Crippen LogP contribution in [0.1, 0.15) is 21.9 Å². The van der Waals surface area contributed by atoms with Crippen molar-refractivity contribution in [1.29, 1.82) is 5.26 Å². The van der Waals surface area contributed by atoms with Crippen LogP contribution in [0.5, 0.6) is 11.5 Å². The number of benzene rings is 2. The van der Waals surface area contributed by atoms with Crippen LogP contribution in [0.25, 0.3) is 0 Å². The molecule has 8 nitrogen and oxygen atoms in total. The maximum absolute atomic E-state index is 12.7. The number of nitrogens with one attached hydrogen (secondary N) is 2. The highest BCUT2D eigenvalue weighted by atomic mass is 16.6. The zero-order chi connectivity index (χ0) is 20.2. The molecule has 0 radical (unpaired) electrons. The summed E-state index contributed by atoms with van der Waals surface area (Å²) in [5.74, 6) is 1.82. The smallest absolute Gasteiger partial charge is 0.274 e. The second kappa shape index (κ2) is 7.86. The average Bonchev–Trinajstić information content (AvgIpc) is 2.73. The highest BCUT2D eigenvalue weighted by Gasteiger charge is 2.15. The van der Waals surface area contributed by atoms with Crippen molar-refractivity contribution in [2.75, 3.05) is 23.8 Å². The van der Waals surface area contributed by atoms with Gasteiger partial charge in [-0.05, 0) is 31.2 Å². The third-order valence-electron chi connectivity index (χ3n) is 4.18. The van der Waals surface area contributed by atoms with E-state index in [-0.39, 0.29) is 5.69 Å². The number of rotatable bonds is 4. The summed E-state index contributed by atoms with van der Waals surface area (Å²) in [7, 11) is 0. The Morgan fingerprint density at radius 2 is 1.86 bits per heavy atom. The van der Waals surface area contributed by atoms with Gasteiger partial charge >= 0.3 is 0 Å². The third kappa shape index (κ3) is 4.09. The highest BCUT2D eigenvalue weighted by molar-refractivity contribution is 6.04. The molecule has 1 aliphatic heterocycles. The van der Waals surface area contributed by atoms with Gasteiger partial charge < -0.3 is 20.1 Å². The standard InChI is InChI=1S/C21H17N5O3/c1-13-23-17(21(27)26-16-5-3-2-4-14(16)12-22)11-20(24-13)25-15-6-7-18-19(10-15)29-9-8-28-18/h2-7,10-11H,8-9H2,1H3,(H,26,27)(H,23,24,25). The first-order valence-corrected chi connectivity index (χ1v) is 8.95. The summed E-state index contributed by atoms with van der Waals surface area (Å²) in [4.78, 5) is 21.2. The monoisotopic (exact) mass is 387 g/mol. The fourth-order valence-electron chi connectivity index (χ4n) is 2.89. The molecular weight excluding hydrogens is 370 g/mol. The topological polar surface area (TPSA) is 109 Å². The van der Waals surface area contributed by atoms with E-state index in [1.165, 1.54) is 0 Å². The van der Waals surface area contributed by atoms with Gasteiger partial charge in [0.25, 0.3) is 5.91 Å². The minimum Gasteiger partial charge on any atom is -0.486 e. The highest BCUT2D eigenvalue weighted by Crippen LogP contribution is 2.33. The van der Waals surface area contributed by atoms with Gasteiger partial charge in [-0.25, -0.2) is 9.97 Å². The molecule has 2 aromatic carbocycles. The van der Waals surface area contributed by atoms with E-state index in [1.807, 2.05) is 18.2 Å². The Bertz CT molecular complexity index is 1120. The number of anilines is 3. The van der Waals surface area contributed by atoms with Gasteiger partial charge in [0.2, 0.25) is 0 Å². The molecule has 0 aliphatic carbocycles. The Kier molecular flexibility index (Phi) is 4.95. The number of aromatic nitrogens is 2. The predicted octanol–water partition coefficient (Wildman–Crippen LogP) is 3.42. The number of fused-ring (bicyclic) bond motifs is 1. The number of hydrogen-bond acceptors (Lipinski definition) is 7. The van der Waals surface area contributed by atoms with Crippen LogP contribution < -0.4 is 20.1 Å². The van der Waals surface area contributed by atoms with Crippen molar-refractivity contribution in [2.45, 2.75) is 6.92 Å². The molecule has 0 atom stereocenters. The van der Waals surface area contributed by atoms with Crippen molar-refractivity contribution in [2.24, 2.45) is 0 Å². The summed E-state index contributed by atoms with van der Waals surface area (Å²) in [5, 5.41) is 15.1. The van der Waals surface area contributed by atoms with E-state index in [0.717, 1.165) is 5.69 Å². The molecule has 2 N–H and O–H groups in total. The van der Waals surface area contributed by atoms with Crippen LogP contribution in [-0.2, 0) is 0 Å². The van der Waals surface area contributed by atoms with Gasteiger partial charge in [0, 0.05) is 17.8 Å². The molecule has 0 saturated carbocycles. The number of nitrogens with zero attached hydrogens (tertiary/aromatic N) is 3. The first kappa shape index (κ1) is 18.3. The predicted molar refractivity (Wildman–Crippen MR) is 107 cm³/mol. The van der Waals surface area contributed by atoms with Gasteiger partial charge in [0.05, 0.1) is 11.3 Å². The van der Waals surface area contributed by atoms with E-state index < -0.39 is 5.91 Å². The van der Waals surface area contributed by atoms with Gasteiger partial charge in [-0.15, -0.1) is 0 Å². The number of amides is 1. The van der Waals surface area contributed by atoms with Crippen LogP contribution in [-0.4, -0.2) is 29.1 Å². The van der Waals surface area contributed by atoms with Gasteiger partial charge in [-0.1, -0.05) is 12.1 Å². The van der Waals surface area contributed by atoms with E-state index in [4.69, 9.17) is 9.47 Å². The minimum absolute atomic E-state index is 0.185. The lowest BCUT2D eigenvalue weighted by Gasteiger charge is -2.19. The molecule has 8 heteroatoms. The van der Waals surface area contributed by atoms with Crippen molar-refractivity contribution in [1.82, 2.24) is 9.97 Å². The van der Waals surface area contributed by atoms with Crippen LogP contribution in [0, 0.1) is 18.3 Å². The molecule has 0 fully saturated rings. The molecule has 0 spiro atoms. The van der Waals surface area contributed by atoms with Crippen LogP contribution in [0.15, 0.2) is 48.5 Å². The van der Waals surface area contributed by atoms with Crippen LogP contribution in [0.3, 0.4) is 0 Å². The molecule has 4 rings (SSSR count). The van der Waals surface area contributed by atoms with Crippen molar-refractivity contribution in [3.8, 4) is 17.6 Å². The summed E-state index contributed by atoms with van der Waals surface area (Å²) in [6.45, 7) is 2.73. The normalized spacial score (nSPS) is 12.0. The first-order valence-electron chi connectivity index (χ1n) is 8.95. The van der Waals surface area contributed by atoms with Crippen LogP contribution in [0.4, 0.5) is 17.2 Å². The molecule has 29 heavy (non-hydrogen) atoms. The fraction of sp³-hybridized carbons (Fsp3) is 0.143. The maximum Gasteiger partial charge on any atom is 0.274 e. The van der Waals surface area contributed by atoms with Crippen molar-refractivity contribution >= 4 is 23.1 Å². The number of hydrogen-bond donors (Lipinski definition) is 2. The van der Waals surface area contributed by atoms with Crippen LogP contribution in [0.2, 0.25) is 0 Å². The number of aryl methyl sites for hydroxylation is 1. The maximum atomic E-state index is 12.7. The fourth-order valence-corrected chi connectivity index (χ4v) is 2.89. The lowest BCUT2D eigenvalue weighted by Crippen LogP contribution is -2.16. The molecule has 0 unspecified atom stereocenters. The lowest BCUT2D eigenvalue weighted by molar-refractivity contribution is 0.102. The zero-order valence-electron chi connectivity index (χ0n) is 15.6. The van der Waals surface area contributed by atoms with Gasteiger partial charge in [0.15, 0.2) is 11.5 Å². The molecular formula is C21H17N5O3. The molecule has 1 aromatic heterocycles. The van der Waals surface area contributed by atoms with E-state index >= 15 is 0 Å². The largest absolute Gasteiger partial charge is 0.486 e. The summed E-state index contributed by atoms with van der Waals surface area (Å²) in [5.41, 5.74) is 1.73. The van der Waals surface area contributed by atoms with E-state index in [0.29, 0.717) is 47.6 Å². The second-order valence-electron chi connectivity index (χ2n) is 6.28. The van der Waals surface area contributed by atoms with E-state index in [9.17, 15) is 10.1 Å². The molecule has 0 bridgehead atoms. The molecule has 2 heterocycles. The van der Waals surface area contributed by atoms with E-state index in [2.05, 4.69) is 26.7 Å².